The molecule has 2 saturated heterocycles. The average molecular weight is 346 g/mol. The molecule has 2 aliphatic rings. The summed E-state index contributed by atoms with van der Waals surface area (Å²) in [7, 11) is 0.657. The fraction of sp³-hybridized carbons (Fsp3) is 0.857. The molecular weight excluding hydrogens is 320 g/mol. The van der Waals surface area contributed by atoms with Gasteiger partial charge in [0.25, 0.3) is 0 Å². The molecule has 0 saturated carbocycles. The monoisotopic (exact) mass is 346 g/mol. The fourth-order valence-electron chi connectivity index (χ4n) is 2.90. The highest BCUT2D eigenvalue weighted by molar-refractivity contribution is 7.91. The van der Waals surface area contributed by atoms with Crippen LogP contribution in [0.5, 0.6) is 0 Å². The third-order valence-electron chi connectivity index (χ3n) is 4.29. The molecule has 1 N–H and O–H groups in total. The SMILES string of the molecule is CN(C)CCN(C(=O)C(=O)N1CCNCC1)C1CCS(=O)(=O)C1. The van der Waals surface area contributed by atoms with Gasteiger partial charge in [0, 0.05) is 45.3 Å². The molecule has 8 nitrogen and oxygen atoms in total. The van der Waals surface area contributed by atoms with Gasteiger partial charge in [0.2, 0.25) is 0 Å². The third kappa shape index (κ3) is 4.89. The minimum Gasteiger partial charge on any atom is -0.332 e. The molecule has 0 aromatic carbocycles. The quantitative estimate of drug-likeness (QED) is 0.592. The van der Waals surface area contributed by atoms with Crippen molar-refractivity contribution in [1.82, 2.24) is 20.0 Å². The minimum atomic E-state index is -3.11. The number of hydrogen-bond donors (Lipinski definition) is 1. The second-order valence-corrected chi connectivity index (χ2v) is 8.63. The summed E-state index contributed by atoms with van der Waals surface area (Å²) >= 11 is 0. The first-order valence-corrected chi connectivity index (χ1v) is 9.78. The lowest BCUT2D eigenvalue weighted by Crippen LogP contribution is -2.55. The Kier molecular flexibility index (Phi) is 5.99. The molecule has 2 aliphatic heterocycles. The van der Waals surface area contributed by atoms with Crippen molar-refractivity contribution < 1.29 is 18.0 Å². The molecule has 0 aromatic heterocycles. The first-order chi connectivity index (χ1) is 10.8. The van der Waals surface area contributed by atoms with E-state index in [2.05, 4.69) is 5.32 Å². The van der Waals surface area contributed by atoms with Gasteiger partial charge in [-0.15, -0.1) is 0 Å². The molecule has 132 valence electrons. The summed E-state index contributed by atoms with van der Waals surface area (Å²) in [5.74, 6) is -1.04. The maximum Gasteiger partial charge on any atom is 0.312 e. The predicted octanol–water partition coefficient (Wildman–Crippen LogP) is -2.00. The molecule has 0 spiro atoms. The van der Waals surface area contributed by atoms with Crippen molar-refractivity contribution >= 4 is 21.7 Å². The van der Waals surface area contributed by atoms with Crippen LogP contribution in [0.4, 0.5) is 0 Å². The minimum absolute atomic E-state index is 0.0407. The average Bonchev–Trinajstić information content (AvgIpc) is 2.87. The van der Waals surface area contributed by atoms with E-state index >= 15 is 0 Å². The number of carbonyl (C=O) groups is 2. The Bertz CT molecular complexity index is 543. The van der Waals surface area contributed by atoms with E-state index in [4.69, 9.17) is 0 Å². The summed E-state index contributed by atoms with van der Waals surface area (Å²) in [6, 6.07) is -0.390. The Labute approximate surface area is 137 Å². The maximum atomic E-state index is 12.7. The molecule has 2 heterocycles. The van der Waals surface area contributed by atoms with Gasteiger partial charge in [-0.2, -0.15) is 0 Å². The van der Waals surface area contributed by atoms with Crippen LogP contribution in [0, 0.1) is 0 Å². The topological polar surface area (TPSA) is 90.0 Å². The van der Waals surface area contributed by atoms with Crippen molar-refractivity contribution in [1.29, 1.82) is 0 Å². The van der Waals surface area contributed by atoms with Crippen LogP contribution in [0.15, 0.2) is 0 Å². The Morgan fingerprint density at radius 2 is 1.83 bits per heavy atom. The van der Waals surface area contributed by atoms with E-state index < -0.39 is 21.7 Å². The van der Waals surface area contributed by atoms with Crippen molar-refractivity contribution in [2.75, 3.05) is 64.9 Å². The van der Waals surface area contributed by atoms with Gasteiger partial charge >= 0.3 is 11.8 Å². The number of amides is 2. The summed E-state index contributed by atoms with van der Waals surface area (Å²) in [4.78, 5) is 30.0. The molecule has 2 amide bonds. The Morgan fingerprint density at radius 1 is 1.17 bits per heavy atom. The van der Waals surface area contributed by atoms with Crippen LogP contribution in [0.3, 0.4) is 0 Å². The zero-order valence-corrected chi connectivity index (χ0v) is 14.6. The summed E-state index contributed by atoms with van der Waals surface area (Å²) in [5, 5.41) is 3.14. The largest absolute Gasteiger partial charge is 0.332 e. The van der Waals surface area contributed by atoms with Crippen molar-refractivity contribution in [2.45, 2.75) is 12.5 Å². The van der Waals surface area contributed by atoms with Gasteiger partial charge in [-0.05, 0) is 20.5 Å². The van der Waals surface area contributed by atoms with Crippen molar-refractivity contribution in [3.8, 4) is 0 Å². The molecule has 0 aromatic rings. The Morgan fingerprint density at radius 3 is 2.35 bits per heavy atom. The first-order valence-electron chi connectivity index (χ1n) is 7.96. The van der Waals surface area contributed by atoms with Crippen LogP contribution < -0.4 is 5.32 Å². The zero-order chi connectivity index (χ0) is 17.0. The fourth-order valence-corrected chi connectivity index (χ4v) is 4.64. The van der Waals surface area contributed by atoms with E-state index in [1.54, 1.807) is 4.90 Å². The molecule has 1 atom stereocenters. The molecule has 23 heavy (non-hydrogen) atoms. The smallest absolute Gasteiger partial charge is 0.312 e. The standard InChI is InChI=1S/C14H26N4O4S/c1-16(2)8-9-18(12-3-10-23(21,22)11-12)14(20)13(19)17-6-4-15-5-7-17/h12,15H,3-11H2,1-2H3. The highest BCUT2D eigenvalue weighted by atomic mass is 32.2. The number of nitrogens with zero attached hydrogens (tertiary/aromatic N) is 3. The summed E-state index contributed by atoms with van der Waals surface area (Å²) in [6.07, 6.45) is 0.413. The normalized spacial score (nSPS) is 24.0. The van der Waals surface area contributed by atoms with Crippen LogP contribution in [0.1, 0.15) is 6.42 Å². The van der Waals surface area contributed by atoms with Crippen molar-refractivity contribution in [3.63, 3.8) is 0 Å². The Balaban J connectivity index is 2.08. The Hall–Kier alpha value is -1.19. The number of rotatable bonds is 4. The predicted molar refractivity (Wildman–Crippen MR) is 86.8 cm³/mol. The van der Waals surface area contributed by atoms with E-state index in [0.717, 1.165) is 0 Å². The maximum absolute atomic E-state index is 12.7. The van der Waals surface area contributed by atoms with Gasteiger partial charge in [0.1, 0.15) is 0 Å². The van der Waals surface area contributed by atoms with Crippen LogP contribution in [0.2, 0.25) is 0 Å². The molecular formula is C14H26N4O4S. The second kappa shape index (κ2) is 7.59. The summed E-state index contributed by atoms with van der Waals surface area (Å²) < 4.78 is 23.5. The molecule has 2 fully saturated rings. The van der Waals surface area contributed by atoms with Crippen LogP contribution >= 0.6 is 0 Å². The van der Waals surface area contributed by atoms with Crippen molar-refractivity contribution in [2.24, 2.45) is 0 Å². The van der Waals surface area contributed by atoms with E-state index in [9.17, 15) is 18.0 Å². The second-order valence-electron chi connectivity index (χ2n) is 6.40. The lowest BCUT2D eigenvalue weighted by molar-refractivity contribution is -0.153. The van der Waals surface area contributed by atoms with Gasteiger partial charge in [0.15, 0.2) is 9.84 Å². The number of sulfone groups is 1. The molecule has 0 bridgehead atoms. The van der Waals surface area contributed by atoms with Gasteiger partial charge < -0.3 is 20.0 Å². The third-order valence-corrected chi connectivity index (χ3v) is 6.04. The van der Waals surface area contributed by atoms with Gasteiger partial charge in [-0.25, -0.2) is 8.42 Å². The number of carbonyl (C=O) groups excluding carboxylic acids is 2. The van der Waals surface area contributed by atoms with Gasteiger partial charge in [-0.1, -0.05) is 0 Å². The molecule has 0 radical (unpaired) electrons. The molecule has 1 unspecified atom stereocenters. The number of likely N-dealkylation sites (N-methyl/N-ethyl adjacent to an activating group) is 1. The number of piperazine rings is 1. The molecule has 0 aliphatic carbocycles. The highest BCUT2D eigenvalue weighted by Gasteiger charge is 2.38. The van der Waals surface area contributed by atoms with Crippen LogP contribution in [0.25, 0.3) is 0 Å². The van der Waals surface area contributed by atoms with Gasteiger partial charge in [-0.3, -0.25) is 9.59 Å². The summed E-state index contributed by atoms with van der Waals surface area (Å²) in [6.45, 7) is 3.33. The van der Waals surface area contributed by atoms with Crippen molar-refractivity contribution in [3.05, 3.63) is 0 Å². The van der Waals surface area contributed by atoms with E-state index in [1.165, 1.54) is 4.90 Å². The molecule has 2 rings (SSSR count). The molecule has 9 heteroatoms. The number of nitrogens with one attached hydrogen (secondary N) is 1. The lowest BCUT2D eigenvalue weighted by atomic mass is 10.2. The zero-order valence-electron chi connectivity index (χ0n) is 13.8. The first kappa shape index (κ1) is 18.2. The van der Waals surface area contributed by atoms with E-state index in [1.807, 2.05) is 19.0 Å². The number of hydrogen-bond acceptors (Lipinski definition) is 6. The van der Waals surface area contributed by atoms with E-state index in [-0.39, 0.29) is 17.5 Å². The lowest BCUT2D eigenvalue weighted by Gasteiger charge is -2.32. The van der Waals surface area contributed by atoms with E-state index in [0.29, 0.717) is 45.7 Å². The highest BCUT2D eigenvalue weighted by Crippen LogP contribution is 2.18. The van der Waals surface area contributed by atoms with Gasteiger partial charge in [0.05, 0.1) is 11.5 Å². The summed E-state index contributed by atoms with van der Waals surface area (Å²) in [5.41, 5.74) is 0. The van der Waals surface area contributed by atoms with Crippen LogP contribution in [-0.4, -0.2) is 106 Å². The van der Waals surface area contributed by atoms with Crippen LogP contribution in [-0.2, 0) is 19.4 Å².